The molecule has 0 aliphatic carbocycles. The second-order valence-corrected chi connectivity index (χ2v) is 4.52. The normalized spacial score (nSPS) is 12.5. The van der Waals surface area contributed by atoms with Gasteiger partial charge in [0.25, 0.3) is 0 Å². The molecule has 0 aliphatic rings. The summed E-state index contributed by atoms with van der Waals surface area (Å²) in [5, 5.41) is 13.2. The topological polar surface area (TPSA) is 66.4 Å². The minimum Gasteiger partial charge on any atom is -0.480 e. The molecule has 0 radical (unpaired) electrons. The Hall–Kier alpha value is -1.62. The van der Waals surface area contributed by atoms with Gasteiger partial charge in [-0.3, -0.25) is 4.79 Å². The molecule has 0 fully saturated rings. The molecule has 1 rings (SSSR count). The van der Waals surface area contributed by atoms with Gasteiger partial charge in [-0.05, 0) is 23.9 Å². The Bertz CT molecular complexity index is 398. The minimum absolute atomic E-state index is 0.376. The number of carbonyl (C=O) groups is 2. The molecule has 0 spiro atoms. The van der Waals surface area contributed by atoms with Crippen molar-refractivity contribution in [2.45, 2.75) is 25.8 Å². The summed E-state index contributed by atoms with van der Waals surface area (Å²) in [5.74, 6) is -1.37. The summed E-state index contributed by atoms with van der Waals surface area (Å²) in [6.45, 7) is 1.88. The number of hydrogen-bond donors (Lipinski definition) is 2. The molecule has 1 atom stereocenters. The molecule has 0 aliphatic heterocycles. The van der Waals surface area contributed by atoms with Gasteiger partial charge in [0.05, 0.1) is 0 Å². The summed E-state index contributed by atoms with van der Waals surface area (Å²) in [6, 6.07) is 2.97. The standard InChI is InChI=1S/C12H15NO3S/c1-2-4-10(12(15)16)13-11(14)7-6-9-5-3-8-17-9/h3,5-8,10H,2,4H2,1H3,(H,13,14)(H,15,16)/b7-6+/t10-/m0/s1. The summed E-state index contributed by atoms with van der Waals surface area (Å²) < 4.78 is 0. The van der Waals surface area contributed by atoms with E-state index in [1.54, 1.807) is 6.08 Å². The molecule has 92 valence electrons. The van der Waals surface area contributed by atoms with Crippen molar-refractivity contribution < 1.29 is 14.7 Å². The highest BCUT2D eigenvalue weighted by atomic mass is 32.1. The van der Waals surface area contributed by atoms with Crippen LogP contribution in [0.5, 0.6) is 0 Å². The average molecular weight is 253 g/mol. The number of carboxylic acids is 1. The molecule has 2 N–H and O–H groups in total. The van der Waals surface area contributed by atoms with Crippen molar-refractivity contribution in [3.8, 4) is 0 Å². The largest absolute Gasteiger partial charge is 0.480 e. The molecule has 0 unspecified atom stereocenters. The van der Waals surface area contributed by atoms with Crippen LogP contribution in [0.15, 0.2) is 23.6 Å². The molecule has 0 saturated heterocycles. The van der Waals surface area contributed by atoms with E-state index in [1.807, 2.05) is 24.4 Å². The first-order valence-corrected chi connectivity index (χ1v) is 6.26. The lowest BCUT2D eigenvalue weighted by Gasteiger charge is -2.11. The molecule has 0 aromatic carbocycles. The van der Waals surface area contributed by atoms with Crippen LogP contribution in [0.4, 0.5) is 0 Å². The summed E-state index contributed by atoms with van der Waals surface area (Å²) >= 11 is 1.52. The Labute approximate surface area is 104 Å². The van der Waals surface area contributed by atoms with E-state index < -0.39 is 12.0 Å². The summed E-state index contributed by atoms with van der Waals surface area (Å²) in [5.41, 5.74) is 0. The van der Waals surface area contributed by atoms with Gasteiger partial charge in [-0.25, -0.2) is 4.79 Å². The minimum atomic E-state index is -0.996. The average Bonchev–Trinajstić information content (AvgIpc) is 2.78. The molecular formula is C12H15NO3S. The Kier molecular flexibility index (Phi) is 5.42. The van der Waals surface area contributed by atoms with Gasteiger partial charge in [0.1, 0.15) is 6.04 Å². The van der Waals surface area contributed by atoms with Crippen LogP contribution in [0.1, 0.15) is 24.6 Å². The predicted molar refractivity (Wildman–Crippen MR) is 67.8 cm³/mol. The number of carbonyl (C=O) groups excluding carboxylic acids is 1. The van der Waals surface area contributed by atoms with Crippen LogP contribution < -0.4 is 5.32 Å². The zero-order chi connectivity index (χ0) is 12.7. The third-order valence-electron chi connectivity index (χ3n) is 2.13. The van der Waals surface area contributed by atoms with Gasteiger partial charge >= 0.3 is 5.97 Å². The second kappa shape index (κ2) is 6.85. The van der Waals surface area contributed by atoms with Crippen molar-refractivity contribution in [2.75, 3.05) is 0 Å². The number of thiophene rings is 1. The van der Waals surface area contributed by atoms with E-state index in [2.05, 4.69) is 5.32 Å². The molecule has 0 bridgehead atoms. The number of carboxylic acid groups (broad SMARTS) is 1. The van der Waals surface area contributed by atoms with E-state index in [9.17, 15) is 9.59 Å². The van der Waals surface area contributed by atoms with Crippen molar-refractivity contribution in [1.29, 1.82) is 0 Å². The predicted octanol–water partition coefficient (Wildman–Crippen LogP) is 2.13. The fraction of sp³-hybridized carbons (Fsp3) is 0.333. The Balaban J connectivity index is 2.50. The van der Waals surface area contributed by atoms with Crippen LogP contribution in [0.2, 0.25) is 0 Å². The zero-order valence-corrected chi connectivity index (χ0v) is 10.4. The van der Waals surface area contributed by atoms with E-state index >= 15 is 0 Å². The third kappa shape index (κ3) is 4.82. The fourth-order valence-electron chi connectivity index (χ4n) is 1.31. The van der Waals surface area contributed by atoms with E-state index in [0.717, 1.165) is 4.88 Å². The SMILES string of the molecule is CCC[C@H](NC(=O)/C=C/c1cccs1)C(=O)O. The monoisotopic (exact) mass is 253 g/mol. The first-order chi connectivity index (χ1) is 8.13. The number of rotatable bonds is 6. The van der Waals surface area contributed by atoms with Crippen LogP contribution in [-0.2, 0) is 9.59 Å². The summed E-state index contributed by atoms with van der Waals surface area (Å²) in [4.78, 5) is 23.3. The van der Waals surface area contributed by atoms with Crippen molar-refractivity contribution in [1.82, 2.24) is 5.32 Å². The maximum Gasteiger partial charge on any atom is 0.326 e. The maximum atomic E-state index is 11.5. The van der Waals surface area contributed by atoms with E-state index in [0.29, 0.717) is 12.8 Å². The second-order valence-electron chi connectivity index (χ2n) is 3.54. The first-order valence-electron chi connectivity index (χ1n) is 5.38. The fourth-order valence-corrected chi connectivity index (χ4v) is 1.93. The van der Waals surface area contributed by atoms with Gasteiger partial charge < -0.3 is 10.4 Å². The maximum absolute atomic E-state index is 11.5. The van der Waals surface area contributed by atoms with Crippen molar-refractivity contribution in [2.24, 2.45) is 0 Å². The molecular weight excluding hydrogens is 238 g/mol. The summed E-state index contributed by atoms with van der Waals surface area (Å²) in [6.07, 6.45) is 4.18. The van der Waals surface area contributed by atoms with Gasteiger partial charge in [0.2, 0.25) is 5.91 Å². The number of aliphatic carboxylic acids is 1. The van der Waals surface area contributed by atoms with Crippen molar-refractivity contribution >= 4 is 29.3 Å². The Morgan fingerprint density at radius 1 is 1.59 bits per heavy atom. The Morgan fingerprint density at radius 2 is 2.35 bits per heavy atom. The highest BCUT2D eigenvalue weighted by Crippen LogP contribution is 2.09. The highest BCUT2D eigenvalue weighted by Gasteiger charge is 2.17. The lowest BCUT2D eigenvalue weighted by Crippen LogP contribution is -2.39. The smallest absolute Gasteiger partial charge is 0.326 e. The quantitative estimate of drug-likeness (QED) is 0.763. The molecule has 1 heterocycles. The van der Waals surface area contributed by atoms with E-state index in [-0.39, 0.29) is 5.91 Å². The number of hydrogen-bond acceptors (Lipinski definition) is 3. The molecule has 1 aromatic heterocycles. The van der Waals surface area contributed by atoms with Crippen LogP contribution in [-0.4, -0.2) is 23.0 Å². The van der Waals surface area contributed by atoms with Gasteiger partial charge in [0.15, 0.2) is 0 Å². The van der Waals surface area contributed by atoms with Gasteiger partial charge in [-0.15, -0.1) is 11.3 Å². The molecule has 0 saturated carbocycles. The van der Waals surface area contributed by atoms with Gasteiger partial charge in [0, 0.05) is 11.0 Å². The van der Waals surface area contributed by atoms with Crippen LogP contribution in [0.25, 0.3) is 6.08 Å². The number of amides is 1. The Morgan fingerprint density at radius 3 is 2.88 bits per heavy atom. The molecule has 1 aromatic rings. The number of nitrogens with one attached hydrogen (secondary N) is 1. The van der Waals surface area contributed by atoms with Crippen LogP contribution in [0, 0.1) is 0 Å². The molecule has 1 amide bonds. The lowest BCUT2D eigenvalue weighted by molar-refractivity contribution is -0.141. The lowest BCUT2D eigenvalue weighted by atomic mass is 10.1. The van der Waals surface area contributed by atoms with Crippen LogP contribution >= 0.6 is 11.3 Å². The third-order valence-corrected chi connectivity index (χ3v) is 2.97. The van der Waals surface area contributed by atoms with Gasteiger partial charge in [-0.1, -0.05) is 19.4 Å². The van der Waals surface area contributed by atoms with E-state index in [1.165, 1.54) is 17.4 Å². The molecule has 4 nitrogen and oxygen atoms in total. The molecule has 17 heavy (non-hydrogen) atoms. The highest BCUT2D eigenvalue weighted by molar-refractivity contribution is 7.10. The van der Waals surface area contributed by atoms with Crippen molar-refractivity contribution in [3.63, 3.8) is 0 Å². The first kappa shape index (κ1) is 13.4. The van der Waals surface area contributed by atoms with Gasteiger partial charge in [-0.2, -0.15) is 0 Å². The van der Waals surface area contributed by atoms with Crippen molar-refractivity contribution in [3.05, 3.63) is 28.5 Å². The summed E-state index contributed by atoms with van der Waals surface area (Å²) in [7, 11) is 0. The van der Waals surface area contributed by atoms with Crippen LogP contribution in [0.3, 0.4) is 0 Å². The molecule has 5 heteroatoms. The zero-order valence-electron chi connectivity index (χ0n) is 9.55. The van der Waals surface area contributed by atoms with E-state index in [4.69, 9.17) is 5.11 Å².